The third-order valence-electron chi connectivity index (χ3n) is 2.19. The van der Waals surface area contributed by atoms with Crippen molar-refractivity contribution in [3.8, 4) is 0 Å². The number of hydrogen-bond acceptors (Lipinski definition) is 1. The fourth-order valence-electron chi connectivity index (χ4n) is 1.18. The van der Waals surface area contributed by atoms with Crippen molar-refractivity contribution in [1.29, 1.82) is 0 Å². The maximum Gasteiger partial charge on any atom is 0.222 e. The predicted octanol–water partition coefficient (Wildman–Crippen LogP) is 2.92. The molecule has 0 aliphatic carbocycles. The Hall–Kier alpha value is -1.02. The summed E-state index contributed by atoms with van der Waals surface area (Å²) in [6.45, 7) is 6.22. The van der Waals surface area contributed by atoms with Crippen LogP contribution in [0, 0.1) is 12.8 Å². The van der Waals surface area contributed by atoms with Crippen molar-refractivity contribution < 1.29 is 4.79 Å². The van der Waals surface area contributed by atoms with Gasteiger partial charge in [-0.3, -0.25) is 4.79 Å². The molecule has 15 heavy (non-hydrogen) atoms. The molecule has 0 aliphatic rings. The standard InChI is InChI=1S/C12H16ClNO/c1-8(2)12(15)14-7-10-5-4-9(3)6-11(10)13/h4-6,8H,7H2,1-3H3,(H,14,15). The molecule has 0 heterocycles. The van der Waals surface area contributed by atoms with E-state index in [1.54, 1.807) is 0 Å². The van der Waals surface area contributed by atoms with E-state index >= 15 is 0 Å². The molecule has 1 rings (SSSR count). The Kier molecular flexibility index (Phi) is 4.15. The van der Waals surface area contributed by atoms with Gasteiger partial charge in [0.1, 0.15) is 0 Å². The summed E-state index contributed by atoms with van der Waals surface area (Å²) in [7, 11) is 0. The summed E-state index contributed by atoms with van der Waals surface area (Å²) in [5.74, 6) is 0.0564. The molecule has 0 saturated heterocycles. The highest BCUT2D eigenvalue weighted by molar-refractivity contribution is 6.31. The molecule has 1 amide bonds. The third-order valence-corrected chi connectivity index (χ3v) is 2.54. The summed E-state index contributed by atoms with van der Waals surface area (Å²) < 4.78 is 0. The van der Waals surface area contributed by atoms with Crippen molar-refractivity contribution in [2.45, 2.75) is 27.3 Å². The van der Waals surface area contributed by atoms with Crippen LogP contribution in [0.5, 0.6) is 0 Å². The quantitative estimate of drug-likeness (QED) is 0.842. The highest BCUT2D eigenvalue weighted by atomic mass is 35.5. The molecule has 0 fully saturated rings. The van der Waals surface area contributed by atoms with E-state index in [1.807, 2.05) is 39.0 Å². The van der Waals surface area contributed by atoms with Crippen LogP contribution >= 0.6 is 11.6 Å². The zero-order valence-electron chi connectivity index (χ0n) is 9.30. The zero-order chi connectivity index (χ0) is 11.4. The average molecular weight is 226 g/mol. The molecule has 0 atom stereocenters. The molecular weight excluding hydrogens is 210 g/mol. The Morgan fingerprint density at radius 1 is 1.47 bits per heavy atom. The summed E-state index contributed by atoms with van der Waals surface area (Å²) in [6, 6.07) is 5.83. The van der Waals surface area contributed by atoms with Crippen molar-refractivity contribution in [3.05, 3.63) is 34.3 Å². The highest BCUT2D eigenvalue weighted by Gasteiger charge is 2.07. The Labute approximate surface area is 95.6 Å². The number of benzene rings is 1. The molecule has 1 N–H and O–H groups in total. The van der Waals surface area contributed by atoms with Crippen molar-refractivity contribution in [2.24, 2.45) is 5.92 Å². The fraction of sp³-hybridized carbons (Fsp3) is 0.417. The molecule has 0 aliphatic heterocycles. The lowest BCUT2D eigenvalue weighted by atomic mass is 10.1. The minimum absolute atomic E-state index is 0.00854. The van der Waals surface area contributed by atoms with E-state index in [1.165, 1.54) is 0 Å². The summed E-state index contributed by atoms with van der Waals surface area (Å²) in [5, 5.41) is 3.54. The molecular formula is C12H16ClNO. The van der Waals surface area contributed by atoms with Gasteiger partial charge in [0.25, 0.3) is 0 Å². The van der Waals surface area contributed by atoms with Crippen LogP contribution in [0.3, 0.4) is 0 Å². The Morgan fingerprint density at radius 2 is 2.13 bits per heavy atom. The summed E-state index contributed by atoms with van der Waals surface area (Å²) in [6.07, 6.45) is 0. The van der Waals surface area contributed by atoms with Gasteiger partial charge in [0.05, 0.1) is 0 Å². The second-order valence-corrected chi connectivity index (χ2v) is 4.37. The highest BCUT2D eigenvalue weighted by Crippen LogP contribution is 2.17. The SMILES string of the molecule is Cc1ccc(CNC(=O)C(C)C)c(Cl)c1. The van der Waals surface area contributed by atoms with Crippen LogP contribution in [0.4, 0.5) is 0 Å². The maximum atomic E-state index is 11.3. The second-order valence-electron chi connectivity index (χ2n) is 3.97. The number of rotatable bonds is 3. The summed E-state index contributed by atoms with van der Waals surface area (Å²) >= 11 is 6.04. The van der Waals surface area contributed by atoms with E-state index in [2.05, 4.69) is 5.32 Å². The Balaban J connectivity index is 2.62. The van der Waals surface area contributed by atoms with Gasteiger partial charge in [-0.25, -0.2) is 0 Å². The molecule has 82 valence electrons. The van der Waals surface area contributed by atoms with Crippen molar-refractivity contribution >= 4 is 17.5 Å². The number of nitrogens with one attached hydrogen (secondary N) is 1. The van der Waals surface area contributed by atoms with Crippen molar-refractivity contribution in [2.75, 3.05) is 0 Å². The maximum absolute atomic E-state index is 11.3. The molecule has 0 radical (unpaired) electrons. The molecule has 1 aromatic carbocycles. The van der Waals surface area contributed by atoms with Gasteiger partial charge in [-0.15, -0.1) is 0 Å². The topological polar surface area (TPSA) is 29.1 Å². The minimum Gasteiger partial charge on any atom is -0.352 e. The van der Waals surface area contributed by atoms with Gasteiger partial charge in [0.2, 0.25) is 5.91 Å². The van der Waals surface area contributed by atoms with Crippen LogP contribution in [-0.4, -0.2) is 5.91 Å². The lowest BCUT2D eigenvalue weighted by molar-refractivity contribution is -0.124. The largest absolute Gasteiger partial charge is 0.352 e. The number of carbonyl (C=O) groups is 1. The average Bonchev–Trinajstić information content (AvgIpc) is 2.15. The monoisotopic (exact) mass is 225 g/mol. The first-order valence-electron chi connectivity index (χ1n) is 5.03. The van der Waals surface area contributed by atoms with Crippen LogP contribution < -0.4 is 5.32 Å². The van der Waals surface area contributed by atoms with E-state index in [0.717, 1.165) is 11.1 Å². The number of aryl methyl sites for hydroxylation is 1. The fourth-order valence-corrected chi connectivity index (χ4v) is 1.48. The van der Waals surface area contributed by atoms with E-state index in [4.69, 9.17) is 11.6 Å². The first-order chi connectivity index (χ1) is 7.00. The lowest BCUT2D eigenvalue weighted by Crippen LogP contribution is -2.27. The number of halogens is 1. The van der Waals surface area contributed by atoms with Crippen molar-refractivity contribution in [3.63, 3.8) is 0 Å². The lowest BCUT2D eigenvalue weighted by Gasteiger charge is -2.09. The Bertz CT molecular complexity index is 361. The summed E-state index contributed by atoms with van der Waals surface area (Å²) in [4.78, 5) is 11.3. The van der Waals surface area contributed by atoms with E-state index in [0.29, 0.717) is 11.6 Å². The van der Waals surface area contributed by atoms with Crippen LogP contribution in [0.2, 0.25) is 5.02 Å². The van der Waals surface area contributed by atoms with Gasteiger partial charge in [0, 0.05) is 17.5 Å². The predicted molar refractivity (Wildman–Crippen MR) is 62.9 cm³/mol. The molecule has 0 spiro atoms. The molecule has 1 aromatic rings. The van der Waals surface area contributed by atoms with Gasteiger partial charge in [-0.1, -0.05) is 37.6 Å². The first-order valence-corrected chi connectivity index (χ1v) is 5.41. The van der Waals surface area contributed by atoms with Crippen LogP contribution in [0.1, 0.15) is 25.0 Å². The second kappa shape index (κ2) is 5.17. The van der Waals surface area contributed by atoms with Crippen LogP contribution in [0.15, 0.2) is 18.2 Å². The third kappa shape index (κ3) is 3.56. The van der Waals surface area contributed by atoms with Gasteiger partial charge in [0.15, 0.2) is 0 Å². The van der Waals surface area contributed by atoms with Crippen LogP contribution in [-0.2, 0) is 11.3 Å². The Morgan fingerprint density at radius 3 is 2.67 bits per heavy atom. The van der Waals surface area contributed by atoms with Gasteiger partial charge >= 0.3 is 0 Å². The molecule has 0 aromatic heterocycles. The van der Waals surface area contributed by atoms with E-state index < -0.39 is 0 Å². The zero-order valence-corrected chi connectivity index (χ0v) is 10.1. The first kappa shape index (κ1) is 12.1. The smallest absolute Gasteiger partial charge is 0.222 e. The van der Waals surface area contributed by atoms with Gasteiger partial charge in [-0.05, 0) is 24.1 Å². The molecule has 0 saturated carbocycles. The summed E-state index contributed by atoms with van der Waals surface area (Å²) in [5.41, 5.74) is 2.08. The minimum atomic E-state index is 0.00854. The van der Waals surface area contributed by atoms with Gasteiger partial charge < -0.3 is 5.32 Å². The van der Waals surface area contributed by atoms with E-state index in [9.17, 15) is 4.79 Å². The normalized spacial score (nSPS) is 10.5. The van der Waals surface area contributed by atoms with Crippen LogP contribution in [0.25, 0.3) is 0 Å². The number of carbonyl (C=O) groups excluding carboxylic acids is 1. The molecule has 2 nitrogen and oxygen atoms in total. The van der Waals surface area contributed by atoms with Crippen molar-refractivity contribution in [1.82, 2.24) is 5.32 Å². The number of amides is 1. The van der Waals surface area contributed by atoms with Gasteiger partial charge in [-0.2, -0.15) is 0 Å². The number of hydrogen-bond donors (Lipinski definition) is 1. The molecule has 3 heteroatoms. The molecule has 0 unspecified atom stereocenters. The molecule has 0 bridgehead atoms. The van der Waals surface area contributed by atoms with E-state index in [-0.39, 0.29) is 11.8 Å².